The summed E-state index contributed by atoms with van der Waals surface area (Å²) in [5.41, 5.74) is 2.26. The van der Waals surface area contributed by atoms with Crippen molar-refractivity contribution in [3.8, 4) is 0 Å². The molecule has 21 heavy (non-hydrogen) atoms. The van der Waals surface area contributed by atoms with Crippen molar-refractivity contribution in [2.24, 2.45) is 0 Å². The zero-order valence-electron chi connectivity index (χ0n) is 11.7. The fraction of sp³-hybridized carbons (Fsp3) is 0.267. The van der Waals surface area contributed by atoms with Crippen LogP contribution in [0.2, 0.25) is 0 Å². The largest absolute Gasteiger partial charge is 0.356 e. The fourth-order valence-electron chi connectivity index (χ4n) is 2.86. The second-order valence-electron chi connectivity index (χ2n) is 5.37. The molecule has 2 aliphatic rings. The van der Waals surface area contributed by atoms with Gasteiger partial charge in [0, 0.05) is 10.8 Å². The number of nitrogens with zero attached hydrogens (tertiary/aromatic N) is 3. The number of hydrogen-bond donors (Lipinski definition) is 2. The summed E-state index contributed by atoms with van der Waals surface area (Å²) < 4.78 is 3.96. The van der Waals surface area contributed by atoms with Crippen LogP contribution in [0.15, 0.2) is 42.1 Å². The van der Waals surface area contributed by atoms with Gasteiger partial charge < -0.3 is 0 Å². The summed E-state index contributed by atoms with van der Waals surface area (Å²) in [6.45, 7) is 2.69. The number of hydrogen-bond acceptors (Lipinski definition) is 3. The Morgan fingerprint density at radius 2 is 2.10 bits per heavy atom. The minimum Gasteiger partial charge on any atom is -0.280 e. The summed E-state index contributed by atoms with van der Waals surface area (Å²) >= 11 is 0. The normalized spacial score (nSPS) is 20.0. The van der Waals surface area contributed by atoms with Crippen LogP contribution in [0.5, 0.6) is 0 Å². The molecule has 0 saturated carbocycles. The number of carbonyl (C=O) groups is 1. The van der Waals surface area contributed by atoms with Crippen LogP contribution in [0.4, 0.5) is 11.9 Å². The van der Waals surface area contributed by atoms with Crippen LogP contribution in [-0.4, -0.2) is 15.7 Å². The number of allylic oxidation sites excluding steroid dienone is 2. The third-order valence-electron chi connectivity index (χ3n) is 3.87. The van der Waals surface area contributed by atoms with Gasteiger partial charge in [-0.25, -0.2) is 9.88 Å². The standard InChI is InChI=1S/C15H15N5O/c1-10-9-12(11-5-3-2-4-6-11)20-15(16-10)19-8-7-13(21)17-14(19)18-20/h2-6,9,12H,7-8H2,1H3,(H,17,18,21)/p+1. The molecular formula is C15H16N5O+. The maximum atomic E-state index is 11.5. The van der Waals surface area contributed by atoms with E-state index in [0.29, 0.717) is 18.9 Å². The Hall–Kier alpha value is -2.63. The monoisotopic (exact) mass is 282 g/mol. The van der Waals surface area contributed by atoms with E-state index in [0.717, 1.165) is 11.6 Å². The van der Waals surface area contributed by atoms with Crippen LogP contribution in [0, 0.1) is 0 Å². The van der Waals surface area contributed by atoms with E-state index in [1.54, 1.807) is 0 Å². The first kappa shape index (κ1) is 12.1. The Morgan fingerprint density at radius 3 is 2.90 bits per heavy atom. The Morgan fingerprint density at radius 1 is 1.29 bits per heavy atom. The molecule has 0 bridgehead atoms. The molecule has 4 rings (SSSR count). The molecule has 1 atom stereocenters. The number of aromatic nitrogens is 3. The summed E-state index contributed by atoms with van der Waals surface area (Å²) in [6.07, 6.45) is 2.62. The van der Waals surface area contributed by atoms with Crippen molar-refractivity contribution < 1.29 is 9.36 Å². The lowest BCUT2D eigenvalue weighted by Crippen LogP contribution is -2.45. The summed E-state index contributed by atoms with van der Waals surface area (Å²) in [5.74, 6) is 1.54. The third kappa shape index (κ3) is 1.91. The molecule has 1 aromatic carbocycles. The quantitative estimate of drug-likeness (QED) is 0.778. The highest BCUT2D eigenvalue weighted by atomic mass is 16.2. The number of anilines is 2. The van der Waals surface area contributed by atoms with Crippen LogP contribution >= 0.6 is 0 Å². The molecule has 0 aliphatic carbocycles. The second-order valence-corrected chi connectivity index (χ2v) is 5.37. The lowest BCUT2D eigenvalue weighted by molar-refractivity contribution is -0.670. The van der Waals surface area contributed by atoms with Gasteiger partial charge in [-0.1, -0.05) is 30.3 Å². The van der Waals surface area contributed by atoms with Crippen molar-refractivity contribution in [1.82, 2.24) is 9.78 Å². The first-order chi connectivity index (χ1) is 10.2. The summed E-state index contributed by atoms with van der Waals surface area (Å²) in [7, 11) is 0. The van der Waals surface area contributed by atoms with Gasteiger partial charge in [-0.15, -0.1) is 4.68 Å². The average Bonchev–Trinajstić information content (AvgIpc) is 2.84. The van der Waals surface area contributed by atoms with Gasteiger partial charge in [-0.2, -0.15) is 0 Å². The van der Waals surface area contributed by atoms with Gasteiger partial charge in [0.1, 0.15) is 6.04 Å². The van der Waals surface area contributed by atoms with Gasteiger partial charge in [0.2, 0.25) is 0 Å². The zero-order valence-corrected chi connectivity index (χ0v) is 11.7. The van der Waals surface area contributed by atoms with E-state index in [1.807, 2.05) is 34.4 Å². The number of fused-ring (bicyclic) bond motifs is 3. The number of benzene rings is 1. The van der Waals surface area contributed by atoms with E-state index in [2.05, 4.69) is 33.9 Å². The van der Waals surface area contributed by atoms with Crippen molar-refractivity contribution in [2.45, 2.75) is 25.9 Å². The van der Waals surface area contributed by atoms with Crippen molar-refractivity contribution in [3.63, 3.8) is 0 Å². The predicted molar refractivity (Wildman–Crippen MR) is 77.6 cm³/mol. The predicted octanol–water partition coefficient (Wildman–Crippen LogP) is 1.43. The summed E-state index contributed by atoms with van der Waals surface area (Å²) in [4.78, 5) is 11.5. The molecule has 2 aliphatic heterocycles. The van der Waals surface area contributed by atoms with E-state index < -0.39 is 0 Å². The van der Waals surface area contributed by atoms with Gasteiger partial charge in [-0.3, -0.25) is 10.1 Å². The SMILES string of the molecule is CC1=CC(c2ccccc2)n2nc3[n+](c2N1)CCC(=O)N3. The molecule has 6 heteroatoms. The molecule has 0 spiro atoms. The molecular weight excluding hydrogens is 266 g/mol. The maximum absolute atomic E-state index is 11.5. The Balaban J connectivity index is 1.85. The average molecular weight is 282 g/mol. The first-order valence-corrected chi connectivity index (χ1v) is 7.05. The number of carbonyl (C=O) groups excluding carboxylic acids is 1. The highest BCUT2D eigenvalue weighted by molar-refractivity contribution is 5.88. The minimum atomic E-state index is 0.0198. The van der Waals surface area contributed by atoms with E-state index >= 15 is 0 Å². The van der Waals surface area contributed by atoms with Crippen LogP contribution in [0.1, 0.15) is 24.9 Å². The van der Waals surface area contributed by atoms with Gasteiger partial charge in [0.15, 0.2) is 0 Å². The molecule has 2 aromatic rings. The summed E-state index contributed by atoms with van der Waals surface area (Å²) in [5, 5.41) is 10.8. The molecule has 106 valence electrons. The van der Waals surface area contributed by atoms with E-state index in [-0.39, 0.29) is 11.9 Å². The lowest BCUT2D eigenvalue weighted by Gasteiger charge is -2.19. The van der Waals surface area contributed by atoms with Crippen molar-refractivity contribution in [1.29, 1.82) is 0 Å². The molecule has 1 unspecified atom stereocenters. The van der Waals surface area contributed by atoms with E-state index in [4.69, 9.17) is 0 Å². The van der Waals surface area contributed by atoms with Gasteiger partial charge in [0.25, 0.3) is 5.91 Å². The van der Waals surface area contributed by atoms with E-state index in [1.165, 1.54) is 5.56 Å². The Kier molecular flexibility index (Phi) is 2.57. The molecule has 6 nitrogen and oxygen atoms in total. The number of amides is 1. The molecule has 1 amide bonds. The van der Waals surface area contributed by atoms with Crippen molar-refractivity contribution in [3.05, 3.63) is 47.7 Å². The Bertz CT molecular complexity index is 747. The second kappa shape index (κ2) is 4.44. The van der Waals surface area contributed by atoms with Crippen molar-refractivity contribution >= 4 is 17.8 Å². The van der Waals surface area contributed by atoms with Crippen LogP contribution < -0.4 is 15.2 Å². The maximum Gasteiger partial charge on any atom is 0.356 e. The fourth-order valence-corrected chi connectivity index (χ4v) is 2.86. The molecule has 1 aromatic heterocycles. The number of rotatable bonds is 1. The van der Waals surface area contributed by atoms with Gasteiger partial charge >= 0.3 is 11.9 Å². The van der Waals surface area contributed by atoms with Crippen LogP contribution in [-0.2, 0) is 11.3 Å². The highest BCUT2D eigenvalue weighted by Crippen LogP contribution is 2.29. The van der Waals surface area contributed by atoms with E-state index in [9.17, 15) is 4.79 Å². The first-order valence-electron chi connectivity index (χ1n) is 7.05. The Labute approximate surface area is 122 Å². The third-order valence-corrected chi connectivity index (χ3v) is 3.87. The molecule has 0 fully saturated rings. The lowest BCUT2D eigenvalue weighted by atomic mass is 10.1. The topological polar surface area (TPSA) is 62.8 Å². The molecule has 0 saturated heterocycles. The summed E-state index contributed by atoms with van der Waals surface area (Å²) in [6, 6.07) is 10.3. The highest BCUT2D eigenvalue weighted by Gasteiger charge is 2.35. The minimum absolute atomic E-state index is 0.0198. The molecule has 3 heterocycles. The zero-order chi connectivity index (χ0) is 14.4. The van der Waals surface area contributed by atoms with Crippen LogP contribution in [0.3, 0.4) is 0 Å². The number of nitrogens with one attached hydrogen (secondary N) is 2. The van der Waals surface area contributed by atoms with Crippen molar-refractivity contribution in [2.75, 3.05) is 10.6 Å². The molecule has 2 N–H and O–H groups in total. The molecule has 0 radical (unpaired) electrons. The van der Waals surface area contributed by atoms with Gasteiger partial charge in [-0.05, 0) is 18.6 Å². The smallest absolute Gasteiger partial charge is 0.280 e. The van der Waals surface area contributed by atoms with Crippen LogP contribution in [0.25, 0.3) is 0 Å². The van der Waals surface area contributed by atoms with Gasteiger partial charge in [0.05, 0.1) is 13.0 Å².